The Balaban J connectivity index is 1.61. The van der Waals surface area contributed by atoms with Gasteiger partial charge >= 0.3 is 0 Å². The molecule has 0 aliphatic carbocycles. The molecule has 1 N–H and O–H groups in total. The molecule has 162 valence electrons. The van der Waals surface area contributed by atoms with Crippen LogP contribution < -0.4 is 10.9 Å². The topological polar surface area (TPSA) is 64.0 Å². The maximum absolute atomic E-state index is 13.2. The quantitative estimate of drug-likeness (QED) is 0.295. The van der Waals surface area contributed by atoms with Crippen molar-refractivity contribution in [2.45, 2.75) is 25.0 Å². The number of thioether (sulfide) groups is 1. The molecule has 32 heavy (non-hydrogen) atoms. The van der Waals surface area contributed by atoms with Crippen LogP contribution in [-0.2, 0) is 17.8 Å². The molecule has 5 nitrogen and oxygen atoms in total. The maximum Gasteiger partial charge on any atom is 0.262 e. The molecule has 7 heteroatoms. The van der Waals surface area contributed by atoms with Crippen LogP contribution in [0.4, 0.5) is 5.69 Å². The van der Waals surface area contributed by atoms with Crippen LogP contribution in [0.15, 0.2) is 82.7 Å². The van der Waals surface area contributed by atoms with E-state index in [1.54, 1.807) is 22.8 Å². The molecule has 1 heterocycles. The van der Waals surface area contributed by atoms with E-state index < -0.39 is 0 Å². The van der Waals surface area contributed by atoms with Crippen LogP contribution in [0.5, 0.6) is 0 Å². The van der Waals surface area contributed by atoms with Crippen LogP contribution in [0, 0.1) is 0 Å². The fourth-order valence-electron chi connectivity index (χ4n) is 3.44. The third kappa shape index (κ3) is 5.03. The first kappa shape index (κ1) is 22.1. The van der Waals surface area contributed by atoms with E-state index in [1.165, 1.54) is 11.8 Å². The second-order valence-corrected chi connectivity index (χ2v) is 8.66. The molecule has 0 radical (unpaired) electrons. The summed E-state index contributed by atoms with van der Waals surface area (Å²) in [5.74, 6) is 0.0000401. The lowest BCUT2D eigenvalue weighted by molar-refractivity contribution is -0.113. The van der Waals surface area contributed by atoms with E-state index in [0.717, 1.165) is 23.2 Å². The number of fused-ring (bicyclic) bond motifs is 1. The number of benzene rings is 3. The molecular weight excluding hydrogens is 442 g/mol. The first-order chi connectivity index (χ1) is 15.5. The average molecular weight is 464 g/mol. The number of nitrogens with one attached hydrogen (secondary N) is 1. The number of amides is 1. The number of aromatic nitrogens is 2. The Kier molecular flexibility index (Phi) is 6.93. The van der Waals surface area contributed by atoms with Gasteiger partial charge in [-0.1, -0.05) is 72.8 Å². The maximum atomic E-state index is 13.2. The summed E-state index contributed by atoms with van der Waals surface area (Å²) in [4.78, 5) is 30.6. The smallest absolute Gasteiger partial charge is 0.262 e. The summed E-state index contributed by atoms with van der Waals surface area (Å²) in [5, 5.41) is 4.66. The minimum atomic E-state index is -0.142. The molecule has 0 fully saturated rings. The Labute approximate surface area is 195 Å². The number of carbonyl (C=O) groups excluding carboxylic acids is 1. The van der Waals surface area contributed by atoms with Gasteiger partial charge in [0.05, 0.1) is 23.2 Å². The van der Waals surface area contributed by atoms with Crippen molar-refractivity contribution < 1.29 is 4.79 Å². The third-order valence-corrected chi connectivity index (χ3v) is 6.31. The number of hydrogen-bond acceptors (Lipinski definition) is 4. The van der Waals surface area contributed by atoms with Crippen LogP contribution in [0.1, 0.15) is 18.1 Å². The average Bonchev–Trinajstić information content (AvgIpc) is 2.81. The van der Waals surface area contributed by atoms with E-state index in [-0.39, 0.29) is 17.2 Å². The molecule has 0 bridgehead atoms. The lowest BCUT2D eigenvalue weighted by Gasteiger charge is -2.14. The fourth-order valence-corrected chi connectivity index (χ4v) is 4.36. The number of para-hydroxylation sites is 2. The predicted molar refractivity (Wildman–Crippen MR) is 132 cm³/mol. The molecule has 4 rings (SSSR count). The van der Waals surface area contributed by atoms with Crippen molar-refractivity contribution in [1.82, 2.24) is 9.55 Å². The minimum Gasteiger partial charge on any atom is -0.325 e. The number of rotatable bonds is 7. The highest BCUT2D eigenvalue weighted by Gasteiger charge is 2.14. The van der Waals surface area contributed by atoms with Crippen molar-refractivity contribution in [3.05, 3.63) is 99.3 Å². The first-order valence-corrected chi connectivity index (χ1v) is 11.7. The summed E-state index contributed by atoms with van der Waals surface area (Å²) in [6.07, 6.45) is 0.830. The van der Waals surface area contributed by atoms with E-state index in [1.807, 2.05) is 61.5 Å². The lowest BCUT2D eigenvalue weighted by atomic mass is 10.1. The zero-order valence-electron chi connectivity index (χ0n) is 17.5. The second-order valence-electron chi connectivity index (χ2n) is 7.28. The molecule has 3 aromatic carbocycles. The van der Waals surface area contributed by atoms with E-state index in [0.29, 0.717) is 27.6 Å². The van der Waals surface area contributed by atoms with Crippen molar-refractivity contribution in [2.24, 2.45) is 0 Å². The zero-order chi connectivity index (χ0) is 22.5. The van der Waals surface area contributed by atoms with Gasteiger partial charge in [-0.2, -0.15) is 0 Å². The largest absolute Gasteiger partial charge is 0.325 e. The molecule has 4 aromatic rings. The van der Waals surface area contributed by atoms with Gasteiger partial charge in [-0.15, -0.1) is 0 Å². The predicted octanol–water partition coefficient (Wildman–Crippen LogP) is 5.39. The van der Waals surface area contributed by atoms with Crippen LogP contribution in [0.3, 0.4) is 0 Å². The summed E-state index contributed by atoms with van der Waals surface area (Å²) in [5.41, 5.74) is 3.30. The van der Waals surface area contributed by atoms with E-state index in [9.17, 15) is 9.59 Å². The molecule has 1 amide bonds. The Morgan fingerprint density at radius 3 is 2.53 bits per heavy atom. The Morgan fingerprint density at radius 2 is 1.75 bits per heavy atom. The second kappa shape index (κ2) is 10.0. The van der Waals surface area contributed by atoms with Crippen molar-refractivity contribution in [3.8, 4) is 0 Å². The standard InChI is InChI=1S/C25H22ClN3O2S/c1-2-18-7-3-5-9-21(18)27-23(30)16-32-25-28-22-10-6-4-8-20(22)24(31)29(25)15-17-11-13-19(26)14-12-17/h3-14H,2,15-16H2,1H3,(H,27,30). The molecule has 0 saturated carbocycles. The summed E-state index contributed by atoms with van der Waals surface area (Å²) >= 11 is 7.25. The van der Waals surface area contributed by atoms with Gasteiger partial charge in [-0.3, -0.25) is 14.2 Å². The zero-order valence-corrected chi connectivity index (χ0v) is 19.1. The summed E-state index contributed by atoms with van der Waals surface area (Å²) in [6.45, 7) is 2.39. The van der Waals surface area contributed by atoms with Crippen molar-refractivity contribution in [3.63, 3.8) is 0 Å². The normalized spacial score (nSPS) is 10.9. The summed E-state index contributed by atoms with van der Waals surface area (Å²) < 4.78 is 1.61. The number of halogens is 1. The molecule has 0 aliphatic heterocycles. The first-order valence-electron chi connectivity index (χ1n) is 10.3. The molecule has 0 atom stereocenters. The van der Waals surface area contributed by atoms with E-state index >= 15 is 0 Å². The van der Waals surface area contributed by atoms with Gasteiger partial charge in [-0.05, 0) is 47.9 Å². The number of nitrogens with zero attached hydrogens (tertiary/aromatic N) is 2. The molecule has 1 aromatic heterocycles. The van der Waals surface area contributed by atoms with Gasteiger partial charge in [0.1, 0.15) is 0 Å². The monoisotopic (exact) mass is 463 g/mol. The number of hydrogen-bond donors (Lipinski definition) is 1. The molecule has 0 saturated heterocycles. The highest BCUT2D eigenvalue weighted by atomic mass is 35.5. The highest BCUT2D eigenvalue weighted by molar-refractivity contribution is 7.99. The Hall–Kier alpha value is -3.09. The fraction of sp³-hybridized carbons (Fsp3) is 0.160. The molecule has 0 aliphatic rings. The van der Waals surface area contributed by atoms with Gasteiger partial charge in [-0.25, -0.2) is 4.98 Å². The molecule has 0 unspecified atom stereocenters. The summed E-state index contributed by atoms with van der Waals surface area (Å²) in [7, 11) is 0. The summed E-state index contributed by atoms with van der Waals surface area (Å²) in [6, 6.07) is 22.3. The van der Waals surface area contributed by atoms with Crippen molar-refractivity contribution >= 4 is 45.9 Å². The van der Waals surface area contributed by atoms with Crippen LogP contribution in [0.2, 0.25) is 5.02 Å². The SMILES string of the molecule is CCc1ccccc1NC(=O)CSc1nc2ccccc2c(=O)n1Cc1ccc(Cl)cc1. The Bertz CT molecular complexity index is 1320. The van der Waals surface area contributed by atoms with Crippen LogP contribution in [-0.4, -0.2) is 21.2 Å². The number of aryl methyl sites for hydroxylation is 1. The Morgan fingerprint density at radius 1 is 1.03 bits per heavy atom. The third-order valence-electron chi connectivity index (χ3n) is 5.09. The molecule has 0 spiro atoms. The minimum absolute atomic E-state index is 0.134. The van der Waals surface area contributed by atoms with Crippen molar-refractivity contribution in [2.75, 3.05) is 11.1 Å². The van der Waals surface area contributed by atoms with Crippen molar-refractivity contribution in [1.29, 1.82) is 0 Å². The van der Waals surface area contributed by atoms with Gasteiger partial charge in [0.2, 0.25) is 5.91 Å². The van der Waals surface area contributed by atoms with Gasteiger partial charge in [0.25, 0.3) is 5.56 Å². The van der Waals surface area contributed by atoms with E-state index in [4.69, 9.17) is 11.6 Å². The van der Waals surface area contributed by atoms with Crippen LogP contribution >= 0.6 is 23.4 Å². The molecular formula is C25H22ClN3O2S. The highest BCUT2D eigenvalue weighted by Crippen LogP contribution is 2.21. The lowest BCUT2D eigenvalue weighted by Crippen LogP contribution is -2.25. The van der Waals surface area contributed by atoms with Gasteiger partial charge in [0, 0.05) is 10.7 Å². The van der Waals surface area contributed by atoms with E-state index in [2.05, 4.69) is 10.3 Å². The van der Waals surface area contributed by atoms with Gasteiger partial charge in [0.15, 0.2) is 5.16 Å². The van der Waals surface area contributed by atoms with Crippen LogP contribution in [0.25, 0.3) is 10.9 Å². The number of carbonyl (C=O) groups is 1. The van der Waals surface area contributed by atoms with Gasteiger partial charge < -0.3 is 5.32 Å². The number of anilines is 1.